The average molecular weight is 865 g/mol. The van der Waals surface area contributed by atoms with E-state index in [1.807, 2.05) is 48.6 Å². The number of rotatable bonds is 40. The first-order chi connectivity index (χ1) is 31.0. The van der Waals surface area contributed by atoms with E-state index in [0.29, 0.717) is 19.3 Å². The average Bonchev–Trinajstić information content (AvgIpc) is 3.28. The maximum absolute atomic E-state index is 12.8. The zero-order valence-corrected chi connectivity index (χ0v) is 39.5. The first kappa shape index (κ1) is 58.0. The predicted octanol–water partition coefficient (Wildman–Crippen LogP) is 15.9. The number of carbonyl (C=O) groups is 3. The molecule has 0 aromatic rings. The highest BCUT2D eigenvalue weighted by molar-refractivity contribution is 5.71. The molecular weight excluding hydrogens is 781 g/mol. The summed E-state index contributed by atoms with van der Waals surface area (Å²) in [5.41, 5.74) is 0. The summed E-state index contributed by atoms with van der Waals surface area (Å²) in [6, 6.07) is 0. The molecule has 0 aliphatic heterocycles. The number of esters is 3. The Morgan fingerprint density at radius 3 is 1.14 bits per heavy atom. The number of hydrogen-bond acceptors (Lipinski definition) is 6. The van der Waals surface area contributed by atoms with Crippen LogP contribution >= 0.6 is 0 Å². The molecule has 6 nitrogen and oxygen atoms in total. The Balaban J connectivity index is 4.66. The molecule has 0 heterocycles. The van der Waals surface area contributed by atoms with Crippen LogP contribution in [0.2, 0.25) is 0 Å². The van der Waals surface area contributed by atoms with Gasteiger partial charge in [-0.3, -0.25) is 14.4 Å². The largest absolute Gasteiger partial charge is 0.462 e. The molecule has 0 N–H and O–H groups in total. The highest BCUT2D eigenvalue weighted by Crippen LogP contribution is 2.10. The van der Waals surface area contributed by atoms with Gasteiger partial charge in [0.25, 0.3) is 0 Å². The molecule has 0 rings (SSSR count). The maximum Gasteiger partial charge on any atom is 0.306 e. The number of unbranched alkanes of at least 4 members (excludes halogenated alkanes) is 6. The van der Waals surface area contributed by atoms with Crippen LogP contribution in [0.1, 0.15) is 162 Å². The summed E-state index contributed by atoms with van der Waals surface area (Å²) >= 11 is 0. The molecule has 0 aromatic heterocycles. The van der Waals surface area contributed by atoms with Crippen molar-refractivity contribution in [2.45, 2.75) is 168 Å². The molecule has 63 heavy (non-hydrogen) atoms. The van der Waals surface area contributed by atoms with Crippen molar-refractivity contribution in [1.82, 2.24) is 0 Å². The van der Waals surface area contributed by atoms with Crippen molar-refractivity contribution in [2.24, 2.45) is 0 Å². The lowest BCUT2D eigenvalue weighted by molar-refractivity contribution is -0.166. The fourth-order valence-electron chi connectivity index (χ4n) is 5.61. The summed E-state index contributed by atoms with van der Waals surface area (Å²) < 4.78 is 16.6. The summed E-state index contributed by atoms with van der Waals surface area (Å²) in [6.45, 7) is 6.10. The zero-order valence-electron chi connectivity index (χ0n) is 39.5. The van der Waals surface area contributed by atoms with E-state index in [1.54, 1.807) is 0 Å². The quantitative estimate of drug-likeness (QED) is 0.0201. The Labute approximate surface area is 384 Å². The predicted molar refractivity (Wildman–Crippen MR) is 269 cm³/mol. The van der Waals surface area contributed by atoms with Gasteiger partial charge in [-0.1, -0.05) is 192 Å². The fraction of sp³-hybridized carbons (Fsp3) is 0.491. The second-order valence-corrected chi connectivity index (χ2v) is 15.0. The van der Waals surface area contributed by atoms with Crippen LogP contribution in [0.4, 0.5) is 0 Å². The molecule has 1 atom stereocenters. The molecule has 0 aliphatic carbocycles. The van der Waals surface area contributed by atoms with E-state index in [4.69, 9.17) is 14.2 Å². The SMILES string of the molecule is CC/C=C/C=C/C=C/C=C/CCCCCC(=O)OCC(COC(=O)CC/C=C/C/C=C/C/C=C/C/C=C/C/C=C/CC)OC(=O)CCCCC/C=C/C/C=C/C/C=C/C/C=C/CC. The van der Waals surface area contributed by atoms with Gasteiger partial charge in [-0.25, -0.2) is 0 Å². The van der Waals surface area contributed by atoms with E-state index in [-0.39, 0.29) is 50.4 Å². The molecule has 1 unspecified atom stereocenters. The molecule has 0 spiro atoms. The lowest BCUT2D eigenvalue weighted by Crippen LogP contribution is -2.30. The van der Waals surface area contributed by atoms with E-state index in [9.17, 15) is 14.4 Å². The Morgan fingerprint density at radius 2 is 0.683 bits per heavy atom. The van der Waals surface area contributed by atoms with E-state index in [1.165, 1.54) is 0 Å². The molecule has 0 amide bonds. The lowest BCUT2D eigenvalue weighted by atomic mass is 10.1. The maximum atomic E-state index is 12.8. The normalized spacial score (nSPS) is 13.5. The van der Waals surface area contributed by atoms with E-state index >= 15 is 0 Å². The van der Waals surface area contributed by atoms with Crippen molar-refractivity contribution < 1.29 is 28.6 Å². The molecule has 6 heteroatoms. The number of hydrogen-bond donors (Lipinski definition) is 0. The van der Waals surface area contributed by atoms with Crippen molar-refractivity contribution in [3.05, 3.63) is 158 Å². The van der Waals surface area contributed by atoms with Crippen molar-refractivity contribution >= 4 is 17.9 Å². The van der Waals surface area contributed by atoms with E-state index < -0.39 is 6.10 Å². The van der Waals surface area contributed by atoms with Crippen LogP contribution in [0.5, 0.6) is 0 Å². The van der Waals surface area contributed by atoms with Gasteiger partial charge in [-0.05, 0) is 109 Å². The van der Waals surface area contributed by atoms with Gasteiger partial charge in [0.05, 0.1) is 0 Å². The number of allylic oxidation sites excluding steroid dienone is 26. The zero-order chi connectivity index (χ0) is 45.8. The molecule has 0 aromatic carbocycles. The first-order valence-electron chi connectivity index (χ1n) is 24.0. The Hall–Kier alpha value is -4.97. The standard InChI is InChI=1S/C57H84O6/c1-4-7-10-13-16-19-22-25-27-29-32-35-38-41-44-47-50-56(59)62-53-54(52-61-55(58)49-46-43-40-37-34-31-24-21-18-15-12-9-6-3)63-57(60)51-48-45-42-39-36-33-30-28-26-23-20-17-14-11-8-5-2/h7-12,15-21,24-28,31-36,41,44,54H,4-6,13-14,22-23,29-30,37-40,42-43,45-53H2,1-3H3/b10-7+,11-8+,12-9+,18-15+,19-16+,20-17+,24-21+,27-25+,28-26+,34-31+,35-32+,36-33+,44-41+. The Kier molecular flexibility index (Phi) is 45.8. The van der Waals surface area contributed by atoms with E-state index in [0.717, 1.165) is 103 Å². The van der Waals surface area contributed by atoms with E-state index in [2.05, 4.69) is 130 Å². The minimum atomic E-state index is -0.848. The van der Waals surface area contributed by atoms with Crippen LogP contribution in [0.15, 0.2) is 158 Å². The smallest absolute Gasteiger partial charge is 0.306 e. The second-order valence-electron chi connectivity index (χ2n) is 15.0. The van der Waals surface area contributed by atoms with Crippen LogP contribution in [-0.2, 0) is 28.6 Å². The number of carbonyl (C=O) groups excluding carboxylic acids is 3. The Bertz CT molecular complexity index is 1510. The molecule has 348 valence electrons. The van der Waals surface area contributed by atoms with Gasteiger partial charge in [0, 0.05) is 19.3 Å². The van der Waals surface area contributed by atoms with Crippen molar-refractivity contribution in [1.29, 1.82) is 0 Å². The lowest BCUT2D eigenvalue weighted by Gasteiger charge is -2.18. The summed E-state index contributed by atoms with van der Waals surface area (Å²) in [4.78, 5) is 37.9. The van der Waals surface area contributed by atoms with Gasteiger partial charge >= 0.3 is 17.9 Å². The third-order valence-corrected chi connectivity index (χ3v) is 9.12. The third-order valence-electron chi connectivity index (χ3n) is 9.12. The summed E-state index contributed by atoms with van der Waals surface area (Å²) in [5.74, 6) is -1.11. The third kappa shape index (κ3) is 47.9. The van der Waals surface area contributed by atoms with Crippen LogP contribution < -0.4 is 0 Å². The minimum absolute atomic E-state index is 0.143. The fourth-order valence-corrected chi connectivity index (χ4v) is 5.61. The molecule has 0 radical (unpaired) electrons. The van der Waals surface area contributed by atoms with Crippen molar-refractivity contribution in [3.8, 4) is 0 Å². The van der Waals surface area contributed by atoms with Gasteiger partial charge in [-0.2, -0.15) is 0 Å². The minimum Gasteiger partial charge on any atom is -0.462 e. The highest BCUT2D eigenvalue weighted by Gasteiger charge is 2.19. The van der Waals surface area contributed by atoms with Gasteiger partial charge in [0.2, 0.25) is 0 Å². The molecule has 0 saturated carbocycles. The monoisotopic (exact) mass is 865 g/mol. The van der Waals surface area contributed by atoms with Crippen LogP contribution in [-0.4, -0.2) is 37.2 Å². The molecule has 0 bridgehead atoms. The number of ether oxygens (including phenoxy) is 3. The molecule has 0 fully saturated rings. The first-order valence-corrected chi connectivity index (χ1v) is 24.0. The summed E-state index contributed by atoms with van der Waals surface area (Å²) in [6.07, 6.45) is 72.4. The van der Waals surface area contributed by atoms with Crippen LogP contribution in [0, 0.1) is 0 Å². The van der Waals surface area contributed by atoms with Crippen molar-refractivity contribution in [3.63, 3.8) is 0 Å². The van der Waals surface area contributed by atoms with Crippen LogP contribution in [0.3, 0.4) is 0 Å². The Morgan fingerprint density at radius 1 is 0.333 bits per heavy atom. The van der Waals surface area contributed by atoms with Gasteiger partial charge in [0.1, 0.15) is 13.2 Å². The molecule has 0 aliphatic rings. The molecule has 0 saturated heterocycles. The van der Waals surface area contributed by atoms with Gasteiger partial charge < -0.3 is 14.2 Å². The highest BCUT2D eigenvalue weighted by atomic mass is 16.6. The summed E-state index contributed by atoms with van der Waals surface area (Å²) in [5, 5.41) is 0. The topological polar surface area (TPSA) is 78.9 Å². The van der Waals surface area contributed by atoms with Crippen molar-refractivity contribution in [2.75, 3.05) is 13.2 Å². The molecular formula is C57H84O6. The second kappa shape index (κ2) is 49.7. The van der Waals surface area contributed by atoms with Gasteiger partial charge in [0.15, 0.2) is 6.10 Å². The van der Waals surface area contributed by atoms with Crippen LogP contribution in [0.25, 0.3) is 0 Å². The van der Waals surface area contributed by atoms with Gasteiger partial charge in [-0.15, -0.1) is 0 Å². The summed E-state index contributed by atoms with van der Waals surface area (Å²) in [7, 11) is 0.